The second kappa shape index (κ2) is 8.30. The van der Waals surface area contributed by atoms with Gasteiger partial charge in [0.1, 0.15) is 0 Å². The van der Waals surface area contributed by atoms with Crippen molar-refractivity contribution in [2.24, 2.45) is 5.73 Å². The quantitative estimate of drug-likeness (QED) is 0.686. The summed E-state index contributed by atoms with van der Waals surface area (Å²) in [5.41, 5.74) is 8.29. The Labute approximate surface area is 155 Å². The first-order chi connectivity index (χ1) is 11.8. The van der Waals surface area contributed by atoms with Crippen LogP contribution >= 0.6 is 10.0 Å². The average Bonchev–Trinajstić information content (AvgIpc) is 2.54. The third kappa shape index (κ3) is 4.05. The first-order valence-electron chi connectivity index (χ1n) is 9.37. The van der Waals surface area contributed by atoms with Crippen LogP contribution in [0.15, 0.2) is 36.4 Å². The first kappa shape index (κ1) is 19.9. The summed E-state index contributed by atoms with van der Waals surface area (Å²) in [5.74, 6) is 3.61. The minimum atomic E-state index is -1.02. The lowest BCUT2D eigenvalue weighted by Gasteiger charge is -2.46. The fourth-order valence-corrected chi connectivity index (χ4v) is 8.16. The van der Waals surface area contributed by atoms with Crippen molar-refractivity contribution in [3.8, 4) is 11.2 Å². The monoisotopic (exact) mass is 355 g/mol. The highest BCUT2D eigenvalue weighted by Crippen LogP contribution is 2.59. The zero-order chi connectivity index (χ0) is 18.6. The summed E-state index contributed by atoms with van der Waals surface area (Å²) in [6, 6.07) is 13.0. The van der Waals surface area contributed by atoms with Gasteiger partial charge < -0.3 is 5.73 Å². The summed E-state index contributed by atoms with van der Waals surface area (Å²) in [7, 11) is -1.02. The van der Waals surface area contributed by atoms with Crippen LogP contribution in [0.5, 0.6) is 0 Å². The lowest BCUT2D eigenvalue weighted by atomic mass is 9.99. The van der Waals surface area contributed by atoms with Crippen LogP contribution in [0.25, 0.3) is 10.8 Å². The Morgan fingerprint density at radius 3 is 1.88 bits per heavy atom. The van der Waals surface area contributed by atoms with E-state index in [2.05, 4.69) is 89.1 Å². The van der Waals surface area contributed by atoms with E-state index in [1.807, 2.05) is 0 Å². The Morgan fingerprint density at radius 1 is 0.880 bits per heavy atom. The van der Waals surface area contributed by atoms with Crippen molar-refractivity contribution in [3.63, 3.8) is 0 Å². The zero-order valence-electron chi connectivity index (χ0n) is 16.6. The molecule has 25 heavy (non-hydrogen) atoms. The van der Waals surface area contributed by atoms with Gasteiger partial charge in [0.25, 0.3) is 0 Å². The molecule has 0 aliphatic heterocycles. The van der Waals surface area contributed by atoms with Crippen LogP contribution in [-0.2, 0) is 6.42 Å². The molecule has 0 radical (unpaired) electrons. The van der Waals surface area contributed by atoms with E-state index >= 15 is 0 Å². The van der Waals surface area contributed by atoms with E-state index < -0.39 is 10.0 Å². The highest BCUT2D eigenvalue weighted by Gasteiger charge is 2.33. The Kier molecular flexibility index (Phi) is 6.60. The second-order valence-electron chi connectivity index (χ2n) is 7.53. The van der Waals surface area contributed by atoms with Gasteiger partial charge in [-0.05, 0) is 62.4 Å². The molecule has 0 heterocycles. The first-order valence-corrected chi connectivity index (χ1v) is 11.2. The fourth-order valence-electron chi connectivity index (χ4n) is 3.90. The second-order valence-corrected chi connectivity index (χ2v) is 12.1. The van der Waals surface area contributed by atoms with Crippen LogP contribution in [0.1, 0.15) is 52.7 Å². The Hall–Kier alpha value is -1.43. The van der Waals surface area contributed by atoms with E-state index in [4.69, 9.17) is 5.73 Å². The van der Waals surface area contributed by atoms with Gasteiger partial charge in [0.15, 0.2) is 0 Å². The summed E-state index contributed by atoms with van der Waals surface area (Å²) >= 11 is 0. The lowest BCUT2D eigenvalue weighted by Crippen LogP contribution is -2.27. The molecule has 0 spiro atoms. The normalized spacial score (nSPS) is 12.7. The van der Waals surface area contributed by atoms with Gasteiger partial charge in [-0.3, -0.25) is 0 Å². The largest absolute Gasteiger partial charge is 0.330 e. The van der Waals surface area contributed by atoms with Gasteiger partial charge in [0, 0.05) is 5.56 Å². The van der Waals surface area contributed by atoms with Gasteiger partial charge in [-0.15, -0.1) is 0 Å². The minimum Gasteiger partial charge on any atom is -0.330 e. The number of benzene rings is 2. The van der Waals surface area contributed by atoms with Crippen LogP contribution in [0, 0.1) is 11.2 Å². The number of hydrogen-bond acceptors (Lipinski definition) is 1. The highest BCUT2D eigenvalue weighted by molar-refractivity contribution is 8.38. The van der Waals surface area contributed by atoms with Crippen LogP contribution in [0.3, 0.4) is 0 Å². The molecule has 0 atom stereocenters. The van der Waals surface area contributed by atoms with Crippen molar-refractivity contribution < 1.29 is 0 Å². The fraction of sp³-hybridized carbons (Fsp3) is 0.478. The van der Waals surface area contributed by atoms with Gasteiger partial charge in [0.2, 0.25) is 0 Å². The molecule has 0 amide bonds. The predicted molar refractivity (Wildman–Crippen MR) is 117 cm³/mol. The molecular weight excluding hydrogens is 322 g/mol. The zero-order valence-corrected chi connectivity index (χ0v) is 17.4. The van der Waals surface area contributed by atoms with E-state index in [-0.39, 0.29) is 0 Å². The van der Waals surface area contributed by atoms with Crippen molar-refractivity contribution in [1.82, 2.24) is 0 Å². The molecule has 2 aromatic carbocycles. The molecule has 0 bridgehead atoms. The Balaban J connectivity index is 2.62. The predicted octanol–water partition coefficient (Wildman–Crippen LogP) is 5.68. The van der Waals surface area contributed by atoms with Crippen molar-refractivity contribution >= 4 is 20.8 Å². The summed E-state index contributed by atoms with van der Waals surface area (Å²) in [6.45, 7) is 14.7. The molecule has 2 rings (SSSR count). The van der Waals surface area contributed by atoms with Crippen LogP contribution in [0.4, 0.5) is 0 Å². The van der Waals surface area contributed by atoms with E-state index in [9.17, 15) is 0 Å². The third-order valence-corrected chi connectivity index (χ3v) is 10.2. The molecule has 0 aromatic heterocycles. The van der Waals surface area contributed by atoms with Crippen molar-refractivity contribution in [3.05, 3.63) is 47.5 Å². The van der Waals surface area contributed by atoms with Crippen LogP contribution in [0.2, 0.25) is 0 Å². The summed E-state index contributed by atoms with van der Waals surface area (Å²) in [6.07, 6.45) is 0.877. The molecule has 136 valence electrons. The molecule has 2 aromatic rings. The molecule has 0 fully saturated rings. The molecule has 0 aliphatic carbocycles. The summed E-state index contributed by atoms with van der Waals surface area (Å²) in [5, 5.41) is 8.12. The molecule has 0 saturated carbocycles. The lowest BCUT2D eigenvalue weighted by molar-refractivity contribution is 0.959. The maximum atomic E-state index is 5.86. The topological polar surface area (TPSA) is 26.0 Å². The van der Waals surface area contributed by atoms with Gasteiger partial charge in [-0.1, -0.05) is 71.7 Å². The molecule has 1 nitrogen and oxygen atoms in total. The minimum absolute atomic E-state index is 0.596. The van der Waals surface area contributed by atoms with Crippen LogP contribution in [-0.4, -0.2) is 22.3 Å². The standard InChI is InChI=1S/C23H33NS/c1-17(2)25(18(3)4,19(5)6)14-12-23-16-21-10-8-7-9-20(21)15-22(23)11-13-24/h7-10,15-19H,11,13,24H2,1-6H3. The molecule has 2 N–H and O–H groups in total. The molecule has 0 saturated heterocycles. The van der Waals surface area contributed by atoms with Crippen molar-refractivity contribution in [2.75, 3.05) is 6.54 Å². The maximum Gasteiger partial charge on any atom is 0.0292 e. The van der Waals surface area contributed by atoms with E-state index in [1.54, 1.807) is 0 Å². The van der Waals surface area contributed by atoms with E-state index in [1.165, 1.54) is 16.3 Å². The Bertz CT molecular complexity index is 756. The number of hydrogen-bond donors (Lipinski definition) is 1. The summed E-state index contributed by atoms with van der Waals surface area (Å²) in [4.78, 5) is 0. The highest BCUT2D eigenvalue weighted by atomic mass is 32.3. The molecule has 0 unspecified atom stereocenters. The molecule has 2 heteroatoms. The number of fused-ring (bicyclic) bond motifs is 1. The number of rotatable bonds is 5. The smallest absolute Gasteiger partial charge is 0.0292 e. The Morgan fingerprint density at radius 2 is 1.40 bits per heavy atom. The van der Waals surface area contributed by atoms with Crippen LogP contribution < -0.4 is 5.73 Å². The third-order valence-electron chi connectivity index (χ3n) is 5.09. The van der Waals surface area contributed by atoms with Crippen molar-refractivity contribution in [2.45, 2.75) is 63.7 Å². The molecular formula is C23H33NS. The van der Waals surface area contributed by atoms with Gasteiger partial charge in [0.05, 0.1) is 0 Å². The van der Waals surface area contributed by atoms with Gasteiger partial charge >= 0.3 is 0 Å². The summed E-state index contributed by atoms with van der Waals surface area (Å²) < 4.78 is 0. The van der Waals surface area contributed by atoms with Crippen molar-refractivity contribution in [1.29, 1.82) is 0 Å². The maximum absolute atomic E-state index is 5.86. The SMILES string of the molecule is CC(C)S(C#Cc1cc2ccccc2cc1CCN)(C(C)C)C(C)C. The van der Waals surface area contributed by atoms with Gasteiger partial charge in [-0.25, -0.2) is 0 Å². The average molecular weight is 356 g/mol. The van der Waals surface area contributed by atoms with E-state index in [0.717, 1.165) is 12.0 Å². The molecule has 0 aliphatic rings. The number of nitrogens with two attached hydrogens (primary N) is 1. The van der Waals surface area contributed by atoms with Gasteiger partial charge in [-0.2, -0.15) is 10.0 Å². The van der Waals surface area contributed by atoms with E-state index in [0.29, 0.717) is 22.3 Å².